The number of benzene rings is 1. The molecule has 0 N–H and O–H groups in total. The van der Waals surface area contributed by atoms with Crippen LogP contribution in [0.15, 0.2) is 64.5 Å². The summed E-state index contributed by atoms with van der Waals surface area (Å²) in [6.07, 6.45) is 4.43. The van der Waals surface area contributed by atoms with Gasteiger partial charge in [-0.2, -0.15) is 0 Å². The van der Waals surface area contributed by atoms with Gasteiger partial charge >= 0.3 is 0 Å². The van der Waals surface area contributed by atoms with E-state index in [1.165, 1.54) is 11.8 Å². The topological polar surface area (TPSA) is 56.2 Å². The third kappa shape index (κ3) is 3.44. The van der Waals surface area contributed by atoms with Crippen molar-refractivity contribution in [3.63, 3.8) is 0 Å². The molecule has 24 heavy (non-hydrogen) atoms. The maximum Gasteiger partial charge on any atom is 0.276 e. The molecule has 0 aliphatic carbocycles. The molecule has 4 aromatic rings. The van der Waals surface area contributed by atoms with Gasteiger partial charge in [0, 0.05) is 18.1 Å². The minimum atomic E-state index is 0.552. The highest BCUT2D eigenvalue weighted by atomic mass is 35.5. The predicted molar refractivity (Wildman–Crippen MR) is 93.3 cm³/mol. The van der Waals surface area contributed by atoms with Crippen LogP contribution in [0.5, 0.6) is 0 Å². The van der Waals surface area contributed by atoms with E-state index in [1.54, 1.807) is 0 Å². The molecule has 0 amide bonds. The Balaban J connectivity index is 1.42. The monoisotopic (exact) mass is 356 g/mol. The Kier molecular flexibility index (Phi) is 4.23. The lowest BCUT2D eigenvalue weighted by Crippen LogP contribution is -1.87. The number of fused-ring (bicyclic) bond motifs is 1. The number of thioether (sulfide) groups is 1. The summed E-state index contributed by atoms with van der Waals surface area (Å²) in [5, 5.41) is 9.42. The zero-order valence-corrected chi connectivity index (χ0v) is 14.2. The molecular formula is C17H13ClN4OS. The first-order valence-corrected chi connectivity index (χ1v) is 8.75. The molecule has 0 aliphatic rings. The first-order chi connectivity index (χ1) is 11.8. The maximum absolute atomic E-state index is 5.98. The molecule has 3 aromatic heterocycles. The number of rotatable bonds is 5. The van der Waals surface area contributed by atoms with Gasteiger partial charge in [0.25, 0.3) is 5.22 Å². The van der Waals surface area contributed by atoms with Crippen molar-refractivity contribution in [3.8, 4) is 0 Å². The van der Waals surface area contributed by atoms with Gasteiger partial charge in [-0.15, -0.1) is 10.2 Å². The highest BCUT2D eigenvalue weighted by molar-refractivity contribution is 7.98. The molecule has 120 valence electrons. The summed E-state index contributed by atoms with van der Waals surface area (Å²) in [6.45, 7) is 0. The van der Waals surface area contributed by atoms with Crippen LogP contribution < -0.4 is 0 Å². The van der Waals surface area contributed by atoms with E-state index in [2.05, 4.69) is 15.2 Å². The van der Waals surface area contributed by atoms with Gasteiger partial charge in [-0.25, -0.2) is 4.98 Å². The molecule has 0 saturated heterocycles. The Hall–Kier alpha value is -2.31. The quantitative estimate of drug-likeness (QED) is 0.500. The van der Waals surface area contributed by atoms with Crippen LogP contribution in [-0.4, -0.2) is 19.6 Å². The first-order valence-electron chi connectivity index (χ1n) is 7.38. The SMILES string of the molecule is Clc1ccc2nc(CSc3nnc(Cc4ccccc4)o3)cn2c1. The fourth-order valence-corrected chi connectivity index (χ4v) is 3.19. The van der Waals surface area contributed by atoms with Crippen molar-refractivity contribution >= 4 is 29.0 Å². The van der Waals surface area contributed by atoms with Crippen LogP contribution >= 0.6 is 23.4 Å². The van der Waals surface area contributed by atoms with E-state index >= 15 is 0 Å². The largest absolute Gasteiger partial charge is 0.416 e. The van der Waals surface area contributed by atoms with Gasteiger partial charge < -0.3 is 8.82 Å². The number of pyridine rings is 1. The van der Waals surface area contributed by atoms with Crippen molar-refractivity contribution in [2.45, 2.75) is 17.4 Å². The lowest BCUT2D eigenvalue weighted by Gasteiger charge is -1.95. The summed E-state index contributed by atoms with van der Waals surface area (Å²) < 4.78 is 7.60. The van der Waals surface area contributed by atoms with Gasteiger partial charge in [0.1, 0.15) is 5.65 Å². The van der Waals surface area contributed by atoms with Crippen LogP contribution in [-0.2, 0) is 12.2 Å². The zero-order chi connectivity index (χ0) is 16.4. The molecule has 1 aromatic carbocycles. The average molecular weight is 357 g/mol. The predicted octanol–water partition coefficient (Wildman–Crippen LogP) is 4.25. The van der Waals surface area contributed by atoms with E-state index in [0.29, 0.717) is 28.3 Å². The molecule has 0 aliphatic heterocycles. The molecule has 0 unspecified atom stereocenters. The fraction of sp³-hybridized carbons (Fsp3) is 0.118. The van der Waals surface area contributed by atoms with E-state index in [4.69, 9.17) is 16.0 Å². The fourth-order valence-electron chi connectivity index (χ4n) is 2.36. The molecule has 0 fully saturated rings. The third-order valence-corrected chi connectivity index (χ3v) is 4.53. The molecule has 0 saturated carbocycles. The third-order valence-electron chi connectivity index (χ3n) is 3.45. The van der Waals surface area contributed by atoms with Crippen molar-refractivity contribution in [3.05, 3.63) is 77.0 Å². The number of hydrogen-bond acceptors (Lipinski definition) is 5. The Morgan fingerprint density at radius 3 is 2.79 bits per heavy atom. The summed E-state index contributed by atoms with van der Waals surface area (Å²) in [6, 6.07) is 13.8. The number of hydrogen-bond donors (Lipinski definition) is 0. The van der Waals surface area contributed by atoms with Crippen LogP contribution in [0.3, 0.4) is 0 Å². The van der Waals surface area contributed by atoms with Gasteiger partial charge in [-0.3, -0.25) is 0 Å². The second kappa shape index (κ2) is 6.67. The van der Waals surface area contributed by atoms with Crippen LogP contribution in [0, 0.1) is 0 Å². The molecule has 0 spiro atoms. The molecule has 7 heteroatoms. The maximum atomic E-state index is 5.98. The van der Waals surface area contributed by atoms with Crippen molar-refractivity contribution in [2.75, 3.05) is 0 Å². The summed E-state index contributed by atoms with van der Waals surface area (Å²) >= 11 is 7.46. The molecular weight excluding hydrogens is 344 g/mol. The highest BCUT2D eigenvalue weighted by Gasteiger charge is 2.09. The minimum absolute atomic E-state index is 0.552. The van der Waals surface area contributed by atoms with Crippen LogP contribution in [0.2, 0.25) is 5.02 Å². The molecule has 3 heterocycles. The molecule has 0 atom stereocenters. The summed E-state index contributed by atoms with van der Waals surface area (Å²) in [5.74, 6) is 1.28. The summed E-state index contributed by atoms with van der Waals surface area (Å²) in [4.78, 5) is 4.54. The standard InChI is InChI=1S/C17H13ClN4OS/c18-13-6-7-15-19-14(10-22(15)9-13)11-24-17-21-20-16(23-17)8-12-4-2-1-3-5-12/h1-7,9-10H,8,11H2. The first kappa shape index (κ1) is 15.2. The van der Waals surface area contributed by atoms with Crippen molar-refractivity contribution in [1.82, 2.24) is 19.6 Å². The Morgan fingerprint density at radius 2 is 1.92 bits per heavy atom. The summed E-state index contributed by atoms with van der Waals surface area (Å²) in [5.41, 5.74) is 2.95. The summed E-state index contributed by atoms with van der Waals surface area (Å²) in [7, 11) is 0. The van der Waals surface area contributed by atoms with E-state index < -0.39 is 0 Å². The van der Waals surface area contributed by atoms with Crippen molar-refractivity contribution < 1.29 is 4.42 Å². The molecule has 0 radical (unpaired) electrons. The average Bonchev–Trinajstić information content (AvgIpc) is 3.20. The second-order valence-electron chi connectivity index (χ2n) is 5.26. The van der Waals surface area contributed by atoms with E-state index in [0.717, 1.165) is 16.9 Å². The van der Waals surface area contributed by atoms with E-state index in [9.17, 15) is 0 Å². The Morgan fingerprint density at radius 1 is 1.04 bits per heavy atom. The second-order valence-corrected chi connectivity index (χ2v) is 6.62. The van der Waals surface area contributed by atoms with Gasteiger partial charge in [0.15, 0.2) is 0 Å². The lowest BCUT2D eigenvalue weighted by molar-refractivity contribution is 0.420. The molecule has 4 rings (SSSR count). The number of aromatic nitrogens is 4. The van der Waals surface area contributed by atoms with E-state index in [1.807, 2.05) is 59.3 Å². The smallest absolute Gasteiger partial charge is 0.276 e. The zero-order valence-electron chi connectivity index (χ0n) is 12.6. The van der Waals surface area contributed by atoms with Crippen LogP contribution in [0.1, 0.15) is 17.1 Å². The lowest BCUT2D eigenvalue weighted by atomic mass is 10.2. The Labute approximate surface area is 147 Å². The normalized spacial score (nSPS) is 11.2. The molecule has 5 nitrogen and oxygen atoms in total. The highest BCUT2D eigenvalue weighted by Crippen LogP contribution is 2.22. The van der Waals surface area contributed by atoms with Gasteiger partial charge in [0.2, 0.25) is 5.89 Å². The van der Waals surface area contributed by atoms with Crippen LogP contribution in [0.25, 0.3) is 5.65 Å². The number of halogens is 1. The Bertz CT molecular complexity index is 967. The van der Waals surface area contributed by atoms with Crippen molar-refractivity contribution in [1.29, 1.82) is 0 Å². The minimum Gasteiger partial charge on any atom is -0.416 e. The van der Waals surface area contributed by atoms with Gasteiger partial charge in [-0.1, -0.05) is 53.7 Å². The van der Waals surface area contributed by atoms with Crippen LogP contribution in [0.4, 0.5) is 0 Å². The number of imidazole rings is 1. The van der Waals surface area contributed by atoms with E-state index in [-0.39, 0.29) is 0 Å². The van der Waals surface area contributed by atoms with Gasteiger partial charge in [-0.05, 0) is 17.7 Å². The molecule has 0 bridgehead atoms. The number of nitrogens with zero attached hydrogens (tertiary/aromatic N) is 4. The van der Waals surface area contributed by atoms with Gasteiger partial charge in [0.05, 0.1) is 17.1 Å². The van der Waals surface area contributed by atoms with Crippen molar-refractivity contribution in [2.24, 2.45) is 0 Å².